The predicted molar refractivity (Wildman–Crippen MR) is 5.94 cm³/mol. The van der Waals surface area contributed by atoms with E-state index in [4.69, 9.17) is 10.5 Å². The largest absolute Gasteiger partial charge is 2.00 e. The normalized spacial score (nSPS) is 1.20. The maximum Gasteiger partial charge on any atom is 1.00 e. The van der Waals surface area contributed by atoms with Crippen LogP contribution < -0.4 is 59.1 Å². The van der Waals surface area contributed by atoms with E-state index in [-0.39, 0.29) is 64.6 Å². The van der Waals surface area contributed by atoms with Crippen molar-refractivity contribution in [2.24, 2.45) is 0 Å². The van der Waals surface area contributed by atoms with Crippen LogP contribution in [0.25, 0.3) is 0 Å². The van der Waals surface area contributed by atoms with E-state index in [1.807, 2.05) is 0 Å². The van der Waals surface area contributed by atoms with E-state index in [2.05, 4.69) is 0 Å². The molecule has 0 aliphatic carbocycles. The maximum atomic E-state index is 6.00. The van der Waals surface area contributed by atoms with Crippen molar-refractivity contribution in [3.63, 3.8) is 0 Å². The summed E-state index contributed by atoms with van der Waals surface area (Å²) >= 11 is 0. The summed E-state index contributed by atoms with van der Waals surface area (Å²) < 4.78 is 0. The third-order valence-electron chi connectivity index (χ3n) is 0. The molecular weight excluding hydrogens is 94.0 g/mol. The molecule has 0 aliphatic rings. The molecule has 0 aromatic carbocycles. The molecule has 0 spiro atoms. The molecule has 0 unspecified atom stereocenters. The number of rotatable bonds is 0. The van der Waals surface area contributed by atoms with Gasteiger partial charge in [0.1, 0.15) is 0 Å². The summed E-state index contributed by atoms with van der Waals surface area (Å²) in [5, 5.41) is 12.0. The molecule has 3 nitrogen and oxygen atoms in total. The maximum absolute atomic E-state index is 6.00. The van der Waals surface area contributed by atoms with Gasteiger partial charge in [-0.25, -0.2) is 0 Å². The van der Waals surface area contributed by atoms with E-state index in [0.717, 1.165) is 0 Å². The third kappa shape index (κ3) is 25.0. The van der Waals surface area contributed by atoms with Gasteiger partial charge in [0, 0.05) is 0 Å². The molecule has 0 saturated heterocycles. The van der Waals surface area contributed by atoms with Gasteiger partial charge in [-0.3, -0.25) is 10.5 Å². The molecule has 0 aliphatic heterocycles. The van der Waals surface area contributed by atoms with Gasteiger partial charge in [-0.1, -0.05) is 0 Å². The van der Waals surface area contributed by atoms with Crippen molar-refractivity contribution < 1.29 is 75.1 Å². The second kappa shape index (κ2) is 39.6. The van der Waals surface area contributed by atoms with Crippen LogP contribution in [0.5, 0.6) is 0 Å². The third-order valence-corrected chi connectivity index (χ3v) is 0. The average molecular weight is 96.0 g/mol. The summed E-state index contributed by atoms with van der Waals surface area (Å²) in [5.74, 6) is 0. The molecule has 0 radical (unpaired) electrons. The Morgan fingerprint density at radius 3 is 0.800 bits per heavy atom. The Kier molecular flexibility index (Phi) is 227. The molecular formula is H2Na2O3. The first-order chi connectivity index (χ1) is 1.00. The van der Waals surface area contributed by atoms with Gasteiger partial charge in [0.2, 0.25) is 0 Å². The van der Waals surface area contributed by atoms with Gasteiger partial charge >= 0.3 is 59.1 Å². The van der Waals surface area contributed by atoms with Crippen LogP contribution in [0.2, 0.25) is 0 Å². The van der Waals surface area contributed by atoms with E-state index in [1.54, 1.807) is 0 Å². The van der Waals surface area contributed by atoms with Crippen LogP contribution in [-0.2, 0) is 5.48 Å². The molecule has 2 N–H and O–H groups in total. The summed E-state index contributed by atoms with van der Waals surface area (Å²) in [6, 6.07) is 0. The van der Waals surface area contributed by atoms with Crippen molar-refractivity contribution in [1.82, 2.24) is 0 Å². The summed E-state index contributed by atoms with van der Waals surface area (Å²) in [6.45, 7) is 0. The molecule has 0 saturated carbocycles. The van der Waals surface area contributed by atoms with E-state index >= 15 is 0 Å². The first-order valence-corrected chi connectivity index (χ1v) is 0.200. The fourth-order valence-corrected chi connectivity index (χ4v) is 0. The standard InChI is InChI=1S/2Na.H2O2.O/c;;1-2;/h;;1-2H;/q2*+1;;-2. The van der Waals surface area contributed by atoms with E-state index < -0.39 is 0 Å². The zero-order valence-electron chi connectivity index (χ0n) is 3.30. The van der Waals surface area contributed by atoms with Gasteiger partial charge in [-0.05, 0) is 0 Å². The fourth-order valence-electron chi connectivity index (χ4n) is 0. The quantitative estimate of drug-likeness (QED) is 0.179. The Hall–Kier alpha value is 1.88. The second-order valence-corrected chi connectivity index (χ2v) is 0. The second-order valence-electron chi connectivity index (χ2n) is 0. The molecule has 0 fully saturated rings. The van der Waals surface area contributed by atoms with E-state index in [9.17, 15) is 0 Å². The van der Waals surface area contributed by atoms with Crippen LogP contribution in [0.3, 0.4) is 0 Å². The van der Waals surface area contributed by atoms with Crippen LogP contribution in [0.15, 0.2) is 0 Å². The molecule has 5 heavy (non-hydrogen) atoms. The Balaban J connectivity index is -0.00000000167. The van der Waals surface area contributed by atoms with Crippen molar-refractivity contribution in [3.05, 3.63) is 0 Å². The predicted octanol–water partition coefficient (Wildman–Crippen LogP) is -6.09. The minimum absolute atomic E-state index is 0. The SMILES string of the molecule is OO.[Na+].[Na+].[O-2]. The Morgan fingerprint density at radius 1 is 0.800 bits per heavy atom. The van der Waals surface area contributed by atoms with Gasteiger partial charge in [-0.15, -0.1) is 0 Å². The van der Waals surface area contributed by atoms with Gasteiger partial charge < -0.3 is 5.48 Å². The molecule has 0 amide bonds. The van der Waals surface area contributed by atoms with Gasteiger partial charge in [0.25, 0.3) is 0 Å². The topological polar surface area (TPSA) is 69.0 Å². The van der Waals surface area contributed by atoms with Crippen molar-refractivity contribution in [2.75, 3.05) is 0 Å². The number of hydrogen-bond acceptors (Lipinski definition) is 2. The smallest absolute Gasteiger partial charge is 1.00 e. The minimum Gasteiger partial charge on any atom is -2.00 e. The van der Waals surface area contributed by atoms with Crippen molar-refractivity contribution in [2.45, 2.75) is 0 Å². The number of hydrogen-bond donors (Lipinski definition) is 2. The summed E-state index contributed by atoms with van der Waals surface area (Å²) in [7, 11) is 0. The van der Waals surface area contributed by atoms with Crippen LogP contribution in [-0.4, -0.2) is 10.5 Å². The molecule has 0 aromatic rings. The van der Waals surface area contributed by atoms with Gasteiger partial charge in [0.15, 0.2) is 0 Å². The minimum atomic E-state index is 0. The molecule has 0 rings (SSSR count). The average Bonchev–Trinajstić information content (AvgIpc) is 1.00. The Labute approximate surface area is 74.2 Å². The first-order valence-electron chi connectivity index (χ1n) is 0.200. The molecule has 0 bridgehead atoms. The van der Waals surface area contributed by atoms with Crippen molar-refractivity contribution in [1.29, 1.82) is 0 Å². The van der Waals surface area contributed by atoms with Gasteiger partial charge in [0.05, 0.1) is 0 Å². The van der Waals surface area contributed by atoms with Crippen LogP contribution >= 0.6 is 0 Å². The Bertz CT molecular complexity index is 4.85. The monoisotopic (exact) mass is 96.0 g/mol. The van der Waals surface area contributed by atoms with Crippen LogP contribution in [0.4, 0.5) is 0 Å². The Morgan fingerprint density at radius 2 is 0.800 bits per heavy atom. The fraction of sp³-hybridized carbons (Fsp3) is 0. The van der Waals surface area contributed by atoms with Crippen LogP contribution in [0.1, 0.15) is 0 Å². The van der Waals surface area contributed by atoms with Crippen LogP contribution in [0, 0.1) is 0 Å². The summed E-state index contributed by atoms with van der Waals surface area (Å²) in [4.78, 5) is 0. The summed E-state index contributed by atoms with van der Waals surface area (Å²) in [6.07, 6.45) is 0. The van der Waals surface area contributed by atoms with Crippen molar-refractivity contribution >= 4 is 0 Å². The van der Waals surface area contributed by atoms with E-state index in [1.165, 1.54) is 0 Å². The molecule has 5 heteroatoms. The van der Waals surface area contributed by atoms with Gasteiger partial charge in [-0.2, -0.15) is 0 Å². The van der Waals surface area contributed by atoms with E-state index in [0.29, 0.717) is 0 Å². The molecule has 0 aromatic heterocycles. The zero-order valence-corrected chi connectivity index (χ0v) is 7.30. The van der Waals surface area contributed by atoms with Crippen molar-refractivity contribution in [3.8, 4) is 0 Å². The zero-order chi connectivity index (χ0) is 2.00. The first kappa shape index (κ1) is 28.7. The summed E-state index contributed by atoms with van der Waals surface area (Å²) in [5.41, 5.74) is 0. The molecule has 22 valence electrons. The molecule has 0 heterocycles. The molecule has 0 atom stereocenters.